The molecule has 1 saturated carbocycles. The molecule has 2 aliphatic rings. The van der Waals surface area contributed by atoms with E-state index >= 15 is 0 Å². The largest absolute Gasteiger partial charge is 0.393 e. The number of aliphatic hydroxyl groups excluding tert-OH is 1. The van der Waals surface area contributed by atoms with Gasteiger partial charge in [0.1, 0.15) is 10.6 Å². The number of allylic oxidation sites excluding steroid dienone is 3. The van der Waals surface area contributed by atoms with Gasteiger partial charge in [0.25, 0.3) is 0 Å². The van der Waals surface area contributed by atoms with Crippen LogP contribution in [0.15, 0.2) is 54.8 Å². The number of nitrogens with one attached hydrogen (secondary N) is 1. The number of halogens is 2. The molecular formula is C24H25F2N5O3S. The van der Waals surface area contributed by atoms with Crippen LogP contribution >= 0.6 is 0 Å². The van der Waals surface area contributed by atoms with E-state index in [1.54, 1.807) is 12.1 Å². The number of anilines is 1. The normalized spacial score (nSPS) is 25.0. The summed E-state index contributed by atoms with van der Waals surface area (Å²) < 4.78 is 55.4. The van der Waals surface area contributed by atoms with Crippen LogP contribution in [0.1, 0.15) is 39.0 Å². The summed E-state index contributed by atoms with van der Waals surface area (Å²) in [6.07, 6.45) is 10.1. The SMILES string of the molecule is CC1(S(=O)(=O)n2cc(-c3ncc(F)c(N[C@H]4CCC[C@@H](O)C4)n3)c3cccnc32)C=C(F)C=CC1. The summed E-state index contributed by atoms with van der Waals surface area (Å²) in [5.74, 6) is -1.17. The molecule has 35 heavy (non-hydrogen) atoms. The van der Waals surface area contributed by atoms with Crippen LogP contribution in [0.25, 0.3) is 22.4 Å². The standard InChI is InChI=1S/C24H25F2N5O3S/c1-24(9-3-5-15(25)12-24)35(33,34)31-14-19(18-8-4-10-27-23(18)31)21-28-13-20(26)22(30-21)29-16-6-2-7-17(32)11-16/h3-5,8,10,12-14,16-17,32H,2,6-7,9,11H2,1H3,(H,28,29,30)/t16-,17+,24?/m0/s1. The number of rotatable bonds is 5. The molecule has 184 valence electrons. The molecule has 0 aliphatic heterocycles. The van der Waals surface area contributed by atoms with Crippen molar-refractivity contribution in [1.82, 2.24) is 18.9 Å². The number of aromatic nitrogens is 4. The molecule has 1 fully saturated rings. The highest BCUT2D eigenvalue weighted by atomic mass is 32.2. The molecule has 0 amide bonds. The molecule has 3 aromatic heterocycles. The Hall–Kier alpha value is -3.18. The van der Waals surface area contributed by atoms with Crippen LogP contribution in [0.4, 0.5) is 14.6 Å². The number of hydrogen-bond acceptors (Lipinski definition) is 7. The molecular weight excluding hydrogens is 476 g/mol. The Labute approximate surface area is 201 Å². The monoisotopic (exact) mass is 501 g/mol. The lowest BCUT2D eigenvalue weighted by Crippen LogP contribution is -2.38. The zero-order chi connectivity index (χ0) is 24.8. The molecule has 0 bridgehead atoms. The van der Waals surface area contributed by atoms with Crippen LogP contribution in [-0.2, 0) is 10.0 Å². The summed E-state index contributed by atoms with van der Waals surface area (Å²) in [7, 11) is -4.14. The molecule has 8 nitrogen and oxygen atoms in total. The fourth-order valence-corrected chi connectivity index (χ4v) is 6.32. The minimum Gasteiger partial charge on any atom is -0.393 e. The predicted molar refractivity (Wildman–Crippen MR) is 128 cm³/mol. The number of fused-ring (bicyclic) bond motifs is 1. The van der Waals surface area contributed by atoms with Gasteiger partial charge in [0, 0.05) is 29.4 Å². The van der Waals surface area contributed by atoms with E-state index in [-0.39, 0.29) is 29.8 Å². The van der Waals surface area contributed by atoms with Crippen molar-refractivity contribution in [3.8, 4) is 11.4 Å². The first kappa shape index (κ1) is 23.6. The Morgan fingerprint density at radius 1 is 1.26 bits per heavy atom. The molecule has 3 aromatic rings. The van der Waals surface area contributed by atoms with E-state index in [2.05, 4.69) is 20.3 Å². The van der Waals surface area contributed by atoms with Crippen molar-refractivity contribution in [3.63, 3.8) is 0 Å². The third-order valence-electron chi connectivity index (χ3n) is 6.60. The second-order valence-electron chi connectivity index (χ2n) is 9.22. The van der Waals surface area contributed by atoms with Crippen molar-refractivity contribution in [2.24, 2.45) is 0 Å². The van der Waals surface area contributed by atoms with Gasteiger partial charge < -0.3 is 10.4 Å². The molecule has 5 rings (SSSR count). The van der Waals surface area contributed by atoms with E-state index < -0.39 is 32.5 Å². The minimum absolute atomic E-state index is 0.0175. The van der Waals surface area contributed by atoms with Gasteiger partial charge in [0.05, 0.1) is 12.3 Å². The van der Waals surface area contributed by atoms with Gasteiger partial charge in [-0.2, -0.15) is 0 Å². The Balaban J connectivity index is 1.59. The van der Waals surface area contributed by atoms with Gasteiger partial charge in [0.2, 0.25) is 10.0 Å². The first-order valence-corrected chi connectivity index (χ1v) is 12.9. The molecule has 0 saturated heterocycles. The molecule has 11 heteroatoms. The Bertz CT molecular complexity index is 1450. The lowest BCUT2D eigenvalue weighted by Gasteiger charge is -2.27. The highest BCUT2D eigenvalue weighted by Crippen LogP contribution is 2.36. The first-order chi connectivity index (χ1) is 16.7. The number of nitrogens with zero attached hydrogens (tertiary/aromatic N) is 4. The van der Waals surface area contributed by atoms with E-state index in [9.17, 15) is 22.3 Å². The average Bonchev–Trinajstić information content (AvgIpc) is 3.21. The van der Waals surface area contributed by atoms with Crippen LogP contribution in [-0.4, -0.2) is 49.3 Å². The van der Waals surface area contributed by atoms with Crippen LogP contribution in [0.5, 0.6) is 0 Å². The number of aliphatic hydroxyl groups is 1. The summed E-state index contributed by atoms with van der Waals surface area (Å²) >= 11 is 0. The van der Waals surface area contributed by atoms with Crippen molar-refractivity contribution >= 4 is 26.9 Å². The number of pyridine rings is 1. The van der Waals surface area contributed by atoms with Gasteiger partial charge in [-0.1, -0.05) is 6.08 Å². The van der Waals surface area contributed by atoms with Crippen molar-refractivity contribution in [2.75, 3.05) is 5.32 Å². The molecule has 0 aromatic carbocycles. The van der Waals surface area contributed by atoms with E-state index in [0.29, 0.717) is 23.8 Å². The average molecular weight is 502 g/mol. The first-order valence-electron chi connectivity index (χ1n) is 11.4. The third kappa shape index (κ3) is 4.23. The quantitative estimate of drug-likeness (QED) is 0.542. The maximum absolute atomic E-state index is 14.6. The van der Waals surface area contributed by atoms with Gasteiger partial charge in [-0.15, -0.1) is 0 Å². The zero-order valence-corrected chi connectivity index (χ0v) is 19.8. The molecule has 2 aliphatic carbocycles. The van der Waals surface area contributed by atoms with E-state index in [0.717, 1.165) is 29.1 Å². The topological polar surface area (TPSA) is 110 Å². The Kier molecular flexibility index (Phi) is 5.92. The van der Waals surface area contributed by atoms with Crippen molar-refractivity contribution in [3.05, 3.63) is 60.6 Å². The maximum Gasteiger partial charge on any atom is 0.249 e. The molecule has 0 radical (unpaired) electrons. The Morgan fingerprint density at radius 3 is 2.86 bits per heavy atom. The minimum atomic E-state index is -4.14. The molecule has 0 spiro atoms. The van der Waals surface area contributed by atoms with Gasteiger partial charge in [-0.3, -0.25) is 0 Å². The maximum atomic E-state index is 14.6. The van der Waals surface area contributed by atoms with Crippen LogP contribution in [0.2, 0.25) is 0 Å². The molecule has 3 atom stereocenters. The van der Waals surface area contributed by atoms with Gasteiger partial charge in [0.15, 0.2) is 23.1 Å². The highest BCUT2D eigenvalue weighted by Gasteiger charge is 2.41. The highest BCUT2D eigenvalue weighted by molar-refractivity contribution is 7.91. The molecule has 3 heterocycles. The zero-order valence-electron chi connectivity index (χ0n) is 19.0. The van der Waals surface area contributed by atoms with E-state index in [1.807, 2.05) is 0 Å². The van der Waals surface area contributed by atoms with Crippen molar-refractivity contribution < 1.29 is 22.3 Å². The van der Waals surface area contributed by atoms with Crippen LogP contribution in [0.3, 0.4) is 0 Å². The molecule has 1 unspecified atom stereocenters. The van der Waals surface area contributed by atoms with Gasteiger partial charge in [-0.05, 0) is 63.3 Å². The fraction of sp³-hybridized carbons (Fsp3) is 0.375. The number of hydrogen-bond donors (Lipinski definition) is 2. The predicted octanol–water partition coefficient (Wildman–Crippen LogP) is 4.10. The van der Waals surface area contributed by atoms with Crippen LogP contribution < -0.4 is 5.32 Å². The second-order valence-corrected chi connectivity index (χ2v) is 11.5. The second kappa shape index (κ2) is 8.80. The smallest absolute Gasteiger partial charge is 0.249 e. The third-order valence-corrected chi connectivity index (χ3v) is 8.86. The van der Waals surface area contributed by atoms with Gasteiger partial charge in [-0.25, -0.2) is 36.1 Å². The summed E-state index contributed by atoms with van der Waals surface area (Å²) in [6, 6.07) is 3.19. The summed E-state index contributed by atoms with van der Waals surface area (Å²) in [6.45, 7) is 1.45. The lowest BCUT2D eigenvalue weighted by molar-refractivity contribution is 0.124. The summed E-state index contributed by atoms with van der Waals surface area (Å²) in [5, 5.41) is 13.4. The van der Waals surface area contributed by atoms with E-state index in [4.69, 9.17) is 0 Å². The van der Waals surface area contributed by atoms with E-state index in [1.165, 1.54) is 31.5 Å². The summed E-state index contributed by atoms with van der Waals surface area (Å²) in [5.41, 5.74) is 0.493. The molecule has 2 N–H and O–H groups in total. The fourth-order valence-electron chi connectivity index (χ4n) is 4.69. The van der Waals surface area contributed by atoms with Crippen molar-refractivity contribution in [1.29, 1.82) is 0 Å². The van der Waals surface area contributed by atoms with Crippen molar-refractivity contribution in [2.45, 2.75) is 55.9 Å². The lowest BCUT2D eigenvalue weighted by atomic mass is 9.93. The Morgan fingerprint density at radius 2 is 2.09 bits per heavy atom. The van der Waals surface area contributed by atoms with Crippen LogP contribution in [0, 0.1) is 5.82 Å². The summed E-state index contributed by atoms with van der Waals surface area (Å²) in [4.78, 5) is 12.7. The van der Waals surface area contributed by atoms with Gasteiger partial charge >= 0.3 is 0 Å².